The minimum Gasteiger partial charge on any atom is -0.616 e. The van der Waals surface area contributed by atoms with E-state index in [9.17, 15) is 0 Å². The Bertz CT molecular complexity index is 2380. The van der Waals surface area contributed by atoms with E-state index in [-0.39, 0.29) is 24.2 Å². The zero-order valence-corrected chi connectivity index (χ0v) is 32.3. The molecule has 6 heterocycles. The van der Waals surface area contributed by atoms with Gasteiger partial charge >= 0.3 is 0 Å². The molecule has 5 aliphatic heterocycles. The number of aromatic nitrogens is 1. The van der Waals surface area contributed by atoms with Crippen molar-refractivity contribution in [1.29, 1.82) is 0 Å². The second kappa shape index (κ2) is 14.7. The van der Waals surface area contributed by atoms with Crippen LogP contribution < -0.4 is 47.2 Å². The van der Waals surface area contributed by atoms with E-state index in [2.05, 4.69) is 138 Å². The van der Waals surface area contributed by atoms with Gasteiger partial charge in [-0.3, -0.25) is 4.65 Å². The van der Waals surface area contributed by atoms with Crippen LogP contribution in [-0.4, -0.2) is 83.1 Å². The van der Waals surface area contributed by atoms with Gasteiger partial charge in [-0.15, -0.1) is 0 Å². The molecule has 0 radical (unpaired) electrons. The molecule has 0 saturated carbocycles. The van der Waals surface area contributed by atoms with Crippen molar-refractivity contribution in [2.45, 2.75) is 24.2 Å². The lowest BCUT2D eigenvalue weighted by atomic mass is 9.96. The van der Waals surface area contributed by atoms with Crippen LogP contribution in [0.1, 0.15) is 46.4 Å². The van der Waals surface area contributed by atoms with E-state index >= 15 is 5.21 Å². The van der Waals surface area contributed by atoms with Gasteiger partial charge in [0.05, 0.1) is 22.2 Å². The molecule has 6 aromatic rings. The fraction of sp³-hybridized carbons (Fsp3) is 0.348. The number of benzene rings is 5. The molecule has 8 N–H and O–H groups in total. The summed E-state index contributed by atoms with van der Waals surface area (Å²) in [6, 6.07) is 35.8. The first-order valence-electron chi connectivity index (χ1n) is 21.0. The molecular weight excluding hydrogens is 709 g/mol. The van der Waals surface area contributed by atoms with Crippen molar-refractivity contribution in [2.75, 3.05) is 78.5 Å². The second-order valence-electron chi connectivity index (χ2n) is 16.4. The molecule has 0 amide bonds. The maximum absolute atomic E-state index is 16.5. The van der Waals surface area contributed by atoms with Crippen molar-refractivity contribution >= 4 is 38.9 Å². The van der Waals surface area contributed by atoms with Crippen molar-refractivity contribution in [1.82, 2.24) is 51.7 Å². The van der Waals surface area contributed by atoms with Gasteiger partial charge in [-0.1, -0.05) is 42.5 Å². The Morgan fingerprint density at radius 1 is 0.491 bits per heavy atom. The SMILES string of the molecule is [O-][N+]1(c2cc(C3CNCCN3)cc(C3CNCCN3)c2)c2ccccc2-c2c1ccc1c3ccccc3n(-c3cc(C4CNCCN4)cc(C4CNCCN4)c3)c21. The maximum atomic E-state index is 16.5. The Kier molecular flexibility index (Phi) is 9.20. The van der Waals surface area contributed by atoms with Crippen LogP contribution in [0.2, 0.25) is 0 Å². The first kappa shape index (κ1) is 35.6. The fourth-order valence-electron chi connectivity index (χ4n) is 10.2. The summed E-state index contributed by atoms with van der Waals surface area (Å²) in [5.74, 6) is 0. The van der Waals surface area contributed by atoms with Crippen LogP contribution in [-0.2, 0) is 0 Å². The quantitative estimate of drug-likeness (QED) is 0.0859. The summed E-state index contributed by atoms with van der Waals surface area (Å²) in [5.41, 5.74) is 12.4. The lowest BCUT2D eigenvalue weighted by Crippen LogP contribution is -2.44. The van der Waals surface area contributed by atoms with Crippen molar-refractivity contribution in [3.05, 3.63) is 125 Å². The molecule has 0 bridgehead atoms. The van der Waals surface area contributed by atoms with E-state index in [0.717, 1.165) is 140 Å². The monoisotopic (exact) mass is 760 g/mol. The number of fused-ring (bicyclic) bond motifs is 7. The number of hydrogen-bond acceptors (Lipinski definition) is 9. The van der Waals surface area contributed by atoms with Gasteiger partial charge in [-0.25, -0.2) is 0 Å². The number of nitrogens with zero attached hydrogens (tertiary/aromatic N) is 2. The molecule has 11 rings (SSSR count). The van der Waals surface area contributed by atoms with Gasteiger partial charge in [0.25, 0.3) is 0 Å². The van der Waals surface area contributed by atoms with Crippen molar-refractivity contribution in [2.24, 2.45) is 0 Å². The Morgan fingerprint density at radius 2 is 1.00 bits per heavy atom. The molecule has 0 aliphatic carbocycles. The smallest absolute Gasteiger partial charge is 0.153 e. The van der Waals surface area contributed by atoms with E-state index in [1.54, 1.807) is 0 Å². The molecule has 11 nitrogen and oxygen atoms in total. The Morgan fingerprint density at radius 3 is 1.54 bits per heavy atom. The molecule has 0 spiro atoms. The van der Waals surface area contributed by atoms with Gasteiger partial charge in [-0.05, 0) is 52.6 Å². The number of quaternary nitrogens is 1. The van der Waals surface area contributed by atoms with Crippen LogP contribution in [0.5, 0.6) is 0 Å². The number of rotatable bonds is 6. The summed E-state index contributed by atoms with van der Waals surface area (Å²) < 4.78 is 1.80. The predicted octanol–water partition coefficient (Wildman–Crippen LogP) is 5.17. The Hall–Kier alpha value is -4.50. The van der Waals surface area contributed by atoms with Crippen LogP contribution in [0.15, 0.2) is 97.1 Å². The number of nitrogens with one attached hydrogen (secondary N) is 8. The van der Waals surface area contributed by atoms with E-state index in [1.807, 2.05) is 6.07 Å². The molecule has 5 atom stereocenters. The maximum Gasteiger partial charge on any atom is 0.153 e. The first-order valence-corrected chi connectivity index (χ1v) is 21.0. The summed E-state index contributed by atoms with van der Waals surface area (Å²) >= 11 is 0. The molecule has 5 aromatic carbocycles. The summed E-state index contributed by atoms with van der Waals surface area (Å²) in [6.45, 7) is 10.9. The zero-order chi connectivity index (χ0) is 37.9. The largest absolute Gasteiger partial charge is 0.616 e. The van der Waals surface area contributed by atoms with Crippen LogP contribution in [0.25, 0.3) is 38.6 Å². The highest BCUT2D eigenvalue weighted by molar-refractivity contribution is 6.19. The van der Waals surface area contributed by atoms with E-state index < -0.39 is 4.65 Å². The standard InChI is InChI=1S/C46H52N10O/c57-56(34-23-31(40-27-49-13-17-53-40)20-32(24-34)41-28-50-14-18-54-41)43-8-4-2-6-37(43)45-44(56)10-9-36-35-5-1-3-7-42(35)55(46(36)45)33-21-29(38-25-47-11-15-51-38)19-30(22-33)39-26-48-12-16-52-39/h1-10,19-24,38-41,47-54H,11-18,25-28H2. The highest BCUT2D eigenvalue weighted by atomic mass is 16.5. The van der Waals surface area contributed by atoms with Gasteiger partial charge in [0.15, 0.2) is 11.4 Å². The lowest BCUT2D eigenvalue weighted by molar-refractivity contribution is 0.421. The molecule has 1 aromatic heterocycles. The van der Waals surface area contributed by atoms with Gasteiger partial charge < -0.3 is 52.3 Å². The van der Waals surface area contributed by atoms with E-state index in [4.69, 9.17) is 0 Å². The van der Waals surface area contributed by atoms with Crippen molar-refractivity contribution in [3.63, 3.8) is 0 Å². The second-order valence-corrected chi connectivity index (χ2v) is 16.4. The molecule has 57 heavy (non-hydrogen) atoms. The zero-order valence-electron chi connectivity index (χ0n) is 32.3. The summed E-state index contributed by atoms with van der Waals surface area (Å²) in [6.07, 6.45) is 0. The van der Waals surface area contributed by atoms with Crippen LogP contribution in [0.4, 0.5) is 17.1 Å². The van der Waals surface area contributed by atoms with Gasteiger partial charge in [-0.2, -0.15) is 0 Å². The van der Waals surface area contributed by atoms with Crippen LogP contribution in [0, 0.1) is 5.21 Å². The predicted molar refractivity (Wildman–Crippen MR) is 232 cm³/mol. The molecule has 292 valence electrons. The highest BCUT2D eigenvalue weighted by Crippen LogP contribution is 2.60. The number of hydrogen-bond donors (Lipinski definition) is 8. The lowest BCUT2D eigenvalue weighted by Gasteiger charge is -2.40. The van der Waals surface area contributed by atoms with Crippen LogP contribution >= 0.6 is 0 Å². The minimum atomic E-state index is -0.648. The van der Waals surface area contributed by atoms with E-state index in [1.165, 1.54) is 16.5 Å². The average Bonchev–Trinajstić information content (AvgIpc) is 3.77. The van der Waals surface area contributed by atoms with Gasteiger partial charge in [0.2, 0.25) is 0 Å². The third kappa shape index (κ3) is 6.04. The first-order chi connectivity index (χ1) is 28.1. The molecule has 5 unspecified atom stereocenters. The third-order valence-electron chi connectivity index (χ3n) is 13.0. The average molecular weight is 761 g/mol. The fourth-order valence-corrected chi connectivity index (χ4v) is 10.2. The van der Waals surface area contributed by atoms with Crippen molar-refractivity contribution in [3.8, 4) is 16.8 Å². The number of piperazine rings is 4. The minimum absolute atomic E-state index is 0.118. The third-order valence-corrected chi connectivity index (χ3v) is 13.0. The Balaban J connectivity index is 1.16. The highest BCUT2D eigenvalue weighted by Gasteiger charge is 2.42. The van der Waals surface area contributed by atoms with E-state index in [0.29, 0.717) is 0 Å². The molecule has 4 saturated heterocycles. The summed E-state index contributed by atoms with van der Waals surface area (Å²) in [4.78, 5) is 0. The topological polar surface area (TPSA) is 124 Å². The molecule has 5 aliphatic rings. The molecular formula is C46H52N10O. The Labute approximate surface area is 333 Å². The number of para-hydroxylation sites is 2. The van der Waals surface area contributed by atoms with Crippen molar-refractivity contribution < 1.29 is 0 Å². The van der Waals surface area contributed by atoms with Gasteiger partial charge in [0.1, 0.15) is 5.69 Å². The molecule has 11 heteroatoms. The summed E-state index contributed by atoms with van der Waals surface area (Å²) in [5, 5.41) is 48.2. The molecule has 4 fully saturated rings. The summed E-state index contributed by atoms with van der Waals surface area (Å²) in [7, 11) is 0. The van der Waals surface area contributed by atoms with Gasteiger partial charge in [0, 0.05) is 143 Å². The normalized spacial score (nSPS) is 26.4. The van der Waals surface area contributed by atoms with Crippen LogP contribution in [0.3, 0.4) is 0 Å².